The summed E-state index contributed by atoms with van der Waals surface area (Å²) in [4.78, 5) is 17.3. The molecule has 1 aromatic carbocycles. The Morgan fingerprint density at radius 1 is 1.03 bits per heavy atom. The van der Waals surface area contributed by atoms with Gasteiger partial charge in [-0.15, -0.1) is 0 Å². The van der Waals surface area contributed by atoms with E-state index in [2.05, 4.69) is 35.7 Å². The summed E-state index contributed by atoms with van der Waals surface area (Å²) in [6, 6.07) is 7.28. The molecular weight excluding hydrogens is 488 g/mol. The summed E-state index contributed by atoms with van der Waals surface area (Å²) in [6.07, 6.45) is 2.51. The first-order chi connectivity index (χ1) is 16.4. The topological polar surface area (TPSA) is 114 Å². The molecule has 194 valence electrons. The van der Waals surface area contributed by atoms with Crippen LogP contribution in [0.5, 0.6) is 0 Å². The van der Waals surface area contributed by atoms with E-state index in [1.54, 1.807) is 6.33 Å². The van der Waals surface area contributed by atoms with Crippen LogP contribution in [0.1, 0.15) is 47.4 Å². The maximum absolute atomic E-state index is 14.7. The number of hydrogen-bond acceptors (Lipinski definition) is 5. The molecule has 3 heterocycles. The van der Waals surface area contributed by atoms with E-state index in [1.807, 2.05) is 37.5 Å². The predicted octanol–water partition coefficient (Wildman–Crippen LogP) is 5.61. The van der Waals surface area contributed by atoms with Gasteiger partial charge in [-0.2, -0.15) is 8.42 Å². The number of halogens is 2. The molecule has 0 aliphatic rings. The van der Waals surface area contributed by atoms with Crippen LogP contribution in [-0.2, 0) is 22.1 Å². The number of pyridine rings is 1. The second kappa shape index (κ2) is 9.70. The van der Waals surface area contributed by atoms with Crippen molar-refractivity contribution in [1.29, 1.82) is 0 Å². The number of fused-ring (bicyclic) bond motifs is 1. The maximum Gasteiger partial charge on any atom is 0.261 e. The summed E-state index contributed by atoms with van der Waals surface area (Å²) in [7, 11) is -3.67. The molecule has 11 heteroatoms. The Bertz CT molecular complexity index is 1490. The lowest BCUT2D eigenvalue weighted by atomic mass is 9.96. The van der Waals surface area contributed by atoms with Crippen molar-refractivity contribution in [1.82, 2.24) is 24.5 Å². The number of hydrogen-bond donors (Lipinski definition) is 2. The van der Waals surface area contributed by atoms with Crippen molar-refractivity contribution in [3.8, 4) is 22.6 Å². The van der Waals surface area contributed by atoms with E-state index in [-0.39, 0.29) is 16.4 Å². The van der Waals surface area contributed by atoms with Crippen LogP contribution >= 0.6 is 0 Å². The molecule has 2 N–H and O–H groups in total. The highest BCUT2D eigenvalue weighted by atomic mass is 32.2. The number of benzene rings is 1. The van der Waals surface area contributed by atoms with E-state index >= 15 is 0 Å². The van der Waals surface area contributed by atoms with E-state index in [0.29, 0.717) is 29.2 Å². The molecule has 0 aliphatic carbocycles. The van der Waals surface area contributed by atoms with Crippen molar-refractivity contribution in [2.45, 2.75) is 53.5 Å². The highest BCUT2D eigenvalue weighted by Crippen LogP contribution is 2.35. The van der Waals surface area contributed by atoms with Crippen molar-refractivity contribution >= 4 is 21.3 Å². The molecule has 0 unspecified atom stereocenters. The molecule has 8 nitrogen and oxygen atoms in total. The second-order valence-electron chi connectivity index (χ2n) is 10.9. The Morgan fingerprint density at radius 3 is 2.22 bits per heavy atom. The van der Waals surface area contributed by atoms with Crippen LogP contribution in [0.25, 0.3) is 33.8 Å². The third-order valence-corrected chi connectivity index (χ3v) is 4.96. The van der Waals surface area contributed by atoms with Crippen LogP contribution in [0.15, 0.2) is 36.7 Å². The van der Waals surface area contributed by atoms with Gasteiger partial charge < -0.3 is 9.55 Å². The van der Waals surface area contributed by atoms with Gasteiger partial charge in [0.1, 0.15) is 28.7 Å². The van der Waals surface area contributed by atoms with Crippen LogP contribution in [0, 0.1) is 17.0 Å². The monoisotopic (exact) mass is 519 g/mol. The Kier molecular flexibility index (Phi) is 7.39. The minimum atomic E-state index is -3.67. The van der Waals surface area contributed by atoms with Gasteiger partial charge in [0.05, 0.1) is 24.0 Å². The molecule has 0 bridgehead atoms. The van der Waals surface area contributed by atoms with Gasteiger partial charge >= 0.3 is 0 Å². The standard InChI is InChI=1S/C24H27F2N5.CH4O3S/c1-23(2,3)12-31-13-27-18-10-9-17(28-21(18)31)20-19(29-22(30-20)24(4,5)6)15-8-7-14(25)11-16(15)26;1-5(2,3)4/h7-11,13H,12H2,1-6H3,(H,29,30);1H3,(H,2,3,4). The molecule has 0 saturated heterocycles. The van der Waals surface area contributed by atoms with Gasteiger partial charge in [-0.05, 0) is 29.7 Å². The molecule has 0 radical (unpaired) electrons. The quantitative estimate of drug-likeness (QED) is 0.340. The molecule has 3 aromatic heterocycles. The average molecular weight is 520 g/mol. The molecule has 0 spiro atoms. The van der Waals surface area contributed by atoms with Crippen molar-refractivity contribution in [3.63, 3.8) is 0 Å². The second-order valence-corrected chi connectivity index (χ2v) is 12.4. The summed E-state index contributed by atoms with van der Waals surface area (Å²) < 4.78 is 56.1. The van der Waals surface area contributed by atoms with Gasteiger partial charge in [0.2, 0.25) is 0 Å². The molecule has 0 aliphatic heterocycles. The lowest BCUT2D eigenvalue weighted by Crippen LogP contribution is -2.15. The highest BCUT2D eigenvalue weighted by molar-refractivity contribution is 7.85. The normalized spacial score (nSPS) is 12.5. The van der Waals surface area contributed by atoms with Crippen molar-refractivity contribution in [2.24, 2.45) is 5.41 Å². The Labute approximate surface area is 209 Å². The molecule has 4 rings (SSSR count). The number of imidazole rings is 2. The van der Waals surface area contributed by atoms with Crippen molar-refractivity contribution < 1.29 is 21.8 Å². The summed E-state index contributed by atoms with van der Waals surface area (Å²) >= 11 is 0. The number of nitrogens with one attached hydrogen (secondary N) is 1. The first kappa shape index (κ1) is 27.4. The predicted molar refractivity (Wildman–Crippen MR) is 136 cm³/mol. The summed E-state index contributed by atoms with van der Waals surface area (Å²) in [5.74, 6) is -0.585. The maximum atomic E-state index is 14.7. The van der Waals surface area contributed by atoms with E-state index in [9.17, 15) is 17.2 Å². The summed E-state index contributed by atoms with van der Waals surface area (Å²) in [5.41, 5.74) is 3.18. The lowest BCUT2D eigenvalue weighted by Gasteiger charge is -2.18. The van der Waals surface area contributed by atoms with Gasteiger partial charge in [-0.25, -0.2) is 23.7 Å². The van der Waals surface area contributed by atoms with E-state index in [4.69, 9.17) is 9.54 Å². The van der Waals surface area contributed by atoms with Crippen LogP contribution in [0.3, 0.4) is 0 Å². The Balaban J connectivity index is 0.000000658. The lowest BCUT2D eigenvalue weighted by molar-refractivity contribution is 0.347. The van der Waals surface area contributed by atoms with Crippen LogP contribution in [0.2, 0.25) is 0 Å². The first-order valence-corrected chi connectivity index (χ1v) is 13.1. The van der Waals surface area contributed by atoms with E-state index in [1.165, 1.54) is 12.1 Å². The number of nitrogens with zero attached hydrogens (tertiary/aromatic N) is 4. The fourth-order valence-corrected chi connectivity index (χ4v) is 3.50. The van der Waals surface area contributed by atoms with Gasteiger partial charge in [0, 0.05) is 23.6 Å². The third kappa shape index (κ3) is 6.94. The van der Waals surface area contributed by atoms with Crippen LogP contribution < -0.4 is 0 Å². The molecule has 4 aromatic rings. The Hall–Kier alpha value is -3.18. The summed E-state index contributed by atoms with van der Waals surface area (Å²) in [6.45, 7) is 13.3. The fourth-order valence-electron chi connectivity index (χ4n) is 3.50. The largest absolute Gasteiger partial charge is 0.340 e. The highest BCUT2D eigenvalue weighted by Gasteiger charge is 2.25. The summed E-state index contributed by atoms with van der Waals surface area (Å²) in [5, 5.41) is 0. The third-order valence-electron chi connectivity index (χ3n) is 4.96. The average Bonchev–Trinajstić information content (AvgIpc) is 3.30. The minimum absolute atomic E-state index is 0.0567. The van der Waals surface area contributed by atoms with E-state index < -0.39 is 21.8 Å². The molecule has 0 saturated carbocycles. The minimum Gasteiger partial charge on any atom is -0.340 e. The smallest absolute Gasteiger partial charge is 0.261 e. The van der Waals surface area contributed by atoms with E-state index in [0.717, 1.165) is 23.8 Å². The zero-order valence-electron chi connectivity index (χ0n) is 21.4. The number of aromatic amines is 1. The van der Waals surface area contributed by atoms with Gasteiger partial charge in [0.25, 0.3) is 10.1 Å². The van der Waals surface area contributed by atoms with Crippen molar-refractivity contribution in [2.75, 3.05) is 6.26 Å². The SMILES string of the molecule is CC(C)(C)Cn1cnc2ccc(-c3[nH]c(C(C)(C)C)nc3-c3ccc(F)cc3F)nc21.CS(=O)(=O)O. The molecule has 36 heavy (non-hydrogen) atoms. The molecule has 0 atom stereocenters. The number of rotatable bonds is 3. The molecular formula is C25H31F2N5O3S. The van der Waals surface area contributed by atoms with Crippen LogP contribution in [0.4, 0.5) is 8.78 Å². The number of H-pyrrole nitrogens is 1. The zero-order valence-corrected chi connectivity index (χ0v) is 22.2. The first-order valence-electron chi connectivity index (χ1n) is 11.2. The Morgan fingerprint density at radius 2 is 1.67 bits per heavy atom. The van der Waals surface area contributed by atoms with Gasteiger partial charge in [0.15, 0.2) is 5.65 Å². The molecule has 0 amide bonds. The fraction of sp³-hybridized carbons (Fsp3) is 0.400. The number of aromatic nitrogens is 5. The van der Waals surface area contributed by atoms with Crippen molar-refractivity contribution in [3.05, 3.63) is 54.1 Å². The zero-order chi connectivity index (χ0) is 27.1. The van der Waals surface area contributed by atoms with Gasteiger partial charge in [-0.3, -0.25) is 4.55 Å². The van der Waals surface area contributed by atoms with Crippen LogP contribution in [-0.4, -0.2) is 43.7 Å². The van der Waals surface area contributed by atoms with Gasteiger partial charge in [-0.1, -0.05) is 41.5 Å². The molecule has 0 fully saturated rings.